The van der Waals surface area contributed by atoms with Gasteiger partial charge in [-0.3, -0.25) is 4.79 Å². The molecule has 0 bridgehead atoms. The minimum Gasteiger partial charge on any atom is -0.356 e. The fourth-order valence-corrected chi connectivity index (χ4v) is 2.23. The first-order valence-corrected chi connectivity index (χ1v) is 6.65. The summed E-state index contributed by atoms with van der Waals surface area (Å²) in [6.07, 6.45) is 3.03. The molecule has 1 amide bonds. The fourth-order valence-electron chi connectivity index (χ4n) is 2.23. The Kier molecular flexibility index (Phi) is 5.40. The van der Waals surface area contributed by atoms with Gasteiger partial charge in [0, 0.05) is 25.0 Å². The largest absolute Gasteiger partial charge is 0.356 e. The van der Waals surface area contributed by atoms with Gasteiger partial charge in [0.1, 0.15) is 0 Å². The van der Waals surface area contributed by atoms with Crippen molar-refractivity contribution >= 4 is 5.91 Å². The summed E-state index contributed by atoms with van der Waals surface area (Å²) in [7, 11) is 0. The molecule has 100 valence electrons. The molecule has 1 saturated heterocycles. The molecule has 0 spiro atoms. The van der Waals surface area contributed by atoms with E-state index in [9.17, 15) is 4.79 Å². The van der Waals surface area contributed by atoms with Crippen molar-refractivity contribution in [1.82, 2.24) is 10.2 Å². The van der Waals surface area contributed by atoms with Gasteiger partial charge in [0.25, 0.3) is 0 Å². The topological polar surface area (TPSA) is 58.4 Å². The highest BCUT2D eigenvalue weighted by molar-refractivity contribution is 5.77. The van der Waals surface area contributed by atoms with E-state index < -0.39 is 5.54 Å². The molecule has 0 saturated carbocycles. The number of carbonyl (C=O) groups is 1. The molecule has 1 aliphatic heterocycles. The summed E-state index contributed by atoms with van der Waals surface area (Å²) >= 11 is 0. The normalized spacial score (nSPS) is 19.3. The van der Waals surface area contributed by atoms with Crippen LogP contribution in [-0.4, -0.2) is 42.5 Å². The van der Waals surface area contributed by atoms with Crippen LogP contribution in [0.4, 0.5) is 0 Å². The Bertz CT molecular complexity index is 242. The highest BCUT2D eigenvalue weighted by Crippen LogP contribution is 2.10. The standard InChI is InChI=1S/C13H27N3O/c1-11(10-16-6-4-5-7-16)9-15-12(17)8-13(2,3)14/h11H,4-10,14H2,1-3H3,(H,15,17). The van der Waals surface area contributed by atoms with Crippen LogP contribution in [0, 0.1) is 5.92 Å². The average Bonchev–Trinajstić information content (AvgIpc) is 2.64. The van der Waals surface area contributed by atoms with E-state index in [1.807, 2.05) is 13.8 Å². The molecule has 4 heteroatoms. The molecule has 1 rings (SSSR count). The number of hydrogen-bond donors (Lipinski definition) is 2. The summed E-state index contributed by atoms with van der Waals surface area (Å²) in [5, 5.41) is 2.97. The zero-order chi connectivity index (χ0) is 12.9. The van der Waals surface area contributed by atoms with E-state index in [-0.39, 0.29) is 5.91 Å². The number of amides is 1. The summed E-state index contributed by atoms with van der Waals surface area (Å²) in [4.78, 5) is 14.1. The molecular weight excluding hydrogens is 214 g/mol. The van der Waals surface area contributed by atoms with Crippen molar-refractivity contribution in [3.63, 3.8) is 0 Å². The van der Waals surface area contributed by atoms with Crippen LogP contribution >= 0.6 is 0 Å². The molecule has 3 N–H and O–H groups in total. The maximum Gasteiger partial charge on any atom is 0.221 e. The lowest BCUT2D eigenvalue weighted by molar-refractivity contribution is -0.122. The molecule has 1 fully saturated rings. The number of hydrogen-bond acceptors (Lipinski definition) is 3. The lowest BCUT2D eigenvalue weighted by Gasteiger charge is -2.22. The van der Waals surface area contributed by atoms with Crippen molar-refractivity contribution in [2.75, 3.05) is 26.2 Å². The summed E-state index contributed by atoms with van der Waals surface area (Å²) in [6, 6.07) is 0. The van der Waals surface area contributed by atoms with E-state index in [4.69, 9.17) is 5.73 Å². The van der Waals surface area contributed by atoms with Gasteiger partial charge in [-0.15, -0.1) is 0 Å². The summed E-state index contributed by atoms with van der Waals surface area (Å²) in [6.45, 7) is 10.2. The van der Waals surface area contributed by atoms with Gasteiger partial charge in [0.05, 0.1) is 0 Å². The van der Waals surface area contributed by atoms with Crippen LogP contribution in [0.5, 0.6) is 0 Å². The van der Waals surface area contributed by atoms with E-state index in [1.54, 1.807) is 0 Å². The molecule has 1 atom stereocenters. The highest BCUT2D eigenvalue weighted by Gasteiger charge is 2.18. The first-order chi connectivity index (χ1) is 7.87. The fraction of sp³-hybridized carbons (Fsp3) is 0.923. The molecule has 17 heavy (non-hydrogen) atoms. The van der Waals surface area contributed by atoms with Crippen molar-refractivity contribution in [2.45, 2.75) is 45.6 Å². The Hall–Kier alpha value is -0.610. The Morgan fingerprint density at radius 2 is 2.00 bits per heavy atom. The zero-order valence-electron chi connectivity index (χ0n) is 11.5. The van der Waals surface area contributed by atoms with Gasteiger partial charge in [0.15, 0.2) is 0 Å². The third-order valence-corrected chi connectivity index (χ3v) is 3.03. The van der Waals surface area contributed by atoms with Crippen LogP contribution in [-0.2, 0) is 4.79 Å². The predicted octanol–water partition coefficient (Wildman–Crippen LogP) is 0.962. The molecule has 4 nitrogen and oxygen atoms in total. The van der Waals surface area contributed by atoms with Crippen LogP contribution in [0.25, 0.3) is 0 Å². The maximum absolute atomic E-state index is 11.6. The van der Waals surface area contributed by atoms with Crippen molar-refractivity contribution in [2.24, 2.45) is 11.7 Å². The molecule has 1 unspecified atom stereocenters. The van der Waals surface area contributed by atoms with Crippen molar-refractivity contribution in [3.05, 3.63) is 0 Å². The van der Waals surface area contributed by atoms with Gasteiger partial charge in [-0.05, 0) is 45.7 Å². The van der Waals surface area contributed by atoms with Crippen LogP contribution in [0.1, 0.15) is 40.0 Å². The molecule has 0 aromatic rings. The van der Waals surface area contributed by atoms with Gasteiger partial charge >= 0.3 is 0 Å². The number of nitrogens with two attached hydrogens (primary N) is 1. The monoisotopic (exact) mass is 241 g/mol. The highest BCUT2D eigenvalue weighted by atomic mass is 16.1. The number of nitrogens with zero attached hydrogens (tertiary/aromatic N) is 1. The van der Waals surface area contributed by atoms with E-state index >= 15 is 0 Å². The Labute approximate surface area is 105 Å². The quantitative estimate of drug-likeness (QED) is 0.728. The lowest BCUT2D eigenvalue weighted by Crippen LogP contribution is -2.41. The minimum absolute atomic E-state index is 0.0609. The van der Waals surface area contributed by atoms with E-state index in [2.05, 4.69) is 17.1 Å². The lowest BCUT2D eigenvalue weighted by atomic mass is 10.0. The van der Waals surface area contributed by atoms with Crippen LogP contribution < -0.4 is 11.1 Å². The average molecular weight is 241 g/mol. The van der Waals surface area contributed by atoms with Crippen molar-refractivity contribution in [3.8, 4) is 0 Å². The summed E-state index contributed by atoms with van der Waals surface area (Å²) in [5.74, 6) is 0.573. The van der Waals surface area contributed by atoms with E-state index in [0.29, 0.717) is 12.3 Å². The van der Waals surface area contributed by atoms with Gasteiger partial charge in [0.2, 0.25) is 5.91 Å². The molecule has 0 aromatic carbocycles. The van der Waals surface area contributed by atoms with Gasteiger partial charge < -0.3 is 16.0 Å². The SMILES string of the molecule is CC(CNC(=O)CC(C)(C)N)CN1CCCC1. The number of likely N-dealkylation sites (tertiary alicyclic amines) is 1. The molecule has 0 aromatic heterocycles. The second-order valence-electron chi connectivity index (χ2n) is 6.08. The van der Waals surface area contributed by atoms with E-state index in [1.165, 1.54) is 25.9 Å². The van der Waals surface area contributed by atoms with Crippen LogP contribution in [0.15, 0.2) is 0 Å². The van der Waals surface area contributed by atoms with Crippen molar-refractivity contribution in [1.29, 1.82) is 0 Å². The van der Waals surface area contributed by atoms with Gasteiger partial charge in [-0.1, -0.05) is 6.92 Å². The maximum atomic E-state index is 11.6. The summed E-state index contributed by atoms with van der Waals surface area (Å²) in [5.41, 5.74) is 5.39. The molecule has 1 aliphatic rings. The molecular formula is C13H27N3O. The third-order valence-electron chi connectivity index (χ3n) is 3.03. The second-order valence-corrected chi connectivity index (χ2v) is 6.08. The summed E-state index contributed by atoms with van der Waals surface area (Å²) < 4.78 is 0. The molecule has 1 heterocycles. The number of carbonyl (C=O) groups excluding carboxylic acids is 1. The molecule has 0 aliphatic carbocycles. The second kappa shape index (κ2) is 6.36. The number of rotatable bonds is 6. The smallest absolute Gasteiger partial charge is 0.221 e. The Balaban J connectivity index is 2.14. The van der Waals surface area contributed by atoms with E-state index in [0.717, 1.165) is 13.1 Å². The van der Waals surface area contributed by atoms with Gasteiger partial charge in [-0.25, -0.2) is 0 Å². The Morgan fingerprint density at radius 1 is 1.41 bits per heavy atom. The van der Waals surface area contributed by atoms with Gasteiger partial charge in [-0.2, -0.15) is 0 Å². The predicted molar refractivity (Wildman–Crippen MR) is 70.7 cm³/mol. The first kappa shape index (κ1) is 14.5. The molecule has 0 radical (unpaired) electrons. The number of nitrogens with one attached hydrogen (secondary N) is 1. The van der Waals surface area contributed by atoms with Crippen molar-refractivity contribution < 1.29 is 4.79 Å². The Morgan fingerprint density at radius 3 is 2.53 bits per heavy atom. The first-order valence-electron chi connectivity index (χ1n) is 6.65. The minimum atomic E-state index is -0.414. The third kappa shape index (κ3) is 6.64. The zero-order valence-corrected chi connectivity index (χ0v) is 11.5. The van der Waals surface area contributed by atoms with Crippen LogP contribution in [0.2, 0.25) is 0 Å². The van der Waals surface area contributed by atoms with Crippen LogP contribution in [0.3, 0.4) is 0 Å².